The van der Waals surface area contributed by atoms with Gasteiger partial charge in [0, 0.05) is 12.5 Å². The number of rotatable bonds is 3. The lowest BCUT2D eigenvalue weighted by Crippen LogP contribution is -2.16. The van der Waals surface area contributed by atoms with Gasteiger partial charge in [-0.3, -0.25) is 4.79 Å². The lowest BCUT2D eigenvalue weighted by atomic mass is 10.2. The van der Waals surface area contributed by atoms with Crippen molar-refractivity contribution >= 4 is 23.3 Å². The molecule has 0 unspecified atom stereocenters. The van der Waals surface area contributed by atoms with Gasteiger partial charge >= 0.3 is 6.18 Å². The van der Waals surface area contributed by atoms with E-state index in [9.17, 15) is 18.0 Å². The van der Waals surface area contributed by atoms with Crippen LogP contribution >= 0.6 is 11.6 Å². The minimum Gasteiger partial charge on any atom is -0.307 e. The molecular weight excluding hydrogens is 409 g/mol. The molecule has 1 amide bonds. The third-order valence-corrected chi connectivity index (χ3v) is 4.88. The van der Waals surface area contributed by atoms with Crippen LogP contribution in [-0.4, -0.2) is 30.6 Å². The molecule has 1 aliphatic rings. The average molecular weight is 423 g/mol. The Morgan fingerprint density at radius 2 is 2.00 bits per heavy atom. The second-order valence-corrected chi connectivity index (χ2v) is 6.95. The first kappa shape index (κ1) is 19.3. The Morgan fingerprint density at radius 3 is 2.72 bits per heavy atom. The zero-order valence-corrected chi connectivity index (χ0v) is 15.8. The summed E-state index contributed by atoms with van der Waals surface area (Å²) >= 11 is 5.78. The largest absolute Gasteiger partial charge is 0.433 e. The normalized spacial score (nSPS) is 16.0. The van der Waals surface area contributed by atoms with Gasteiger partial charge in [0.2, 0.25) is 0 Å². The predicted molar refractivity (Wildman–Crippen MR) is 98.5 cm³/mol. The molecule has 0 radical (unpaired) electrons. The Morgan fingerprint density at radius 1 is 1.21 bits per heavy atom. The Balaban J connectivity index is 1.58. The van der Waals surface area contributed by atoms with Gasteiger partial charge in [-0.05, 0) is 37.6 Å². The summed E-state index contributed by atoms with van der Waals surface area (Å²) < 4.78 is 40.1. The molecule has 1 atom stereocenters. The summed E-state index contributed by atoms with van der Waals surface area (Å²) in [5, 5.41) is 10.3. The number of carbonyl (C=O) groups excluding carboxylic acids is 1. The van der Waals surface area contributed by atoms with Crippen molar-refractivity contribution in [2.24, 2.45) is 0 Å². The number of pyridine rings is 2. The predicted octanol–water partition coefficient (Wildman–Crippen LogP) is 4.17. The third-order valence-electron chi connectivity index (χ3n) is 4.60. The first-order valence-electron chi connectivity index (χ1n) is 8.70. The summed E-state index contributed by atoms with van der Waals surface area (Å²) in [5.74, 6) is 0.953. The van der Waals surface area contributed by atoms with Crippen molar-refractivity contribution in [3.63, 3.8) is 0 Å². The third kappa shape index (κ3) is 3.67. The van der Waals surface area contributed by atoms with E-state index in [-0.39, 0.29) is 17.4 Å². The number of hydrogen-bond donors (Lipinski definition) is 1. The maximum absolute atomic E-state index is 12.7. The molecule has 0 bridgehead atoms. The smallest absolute Gasteiger partial charge is 0.307 e. The zero-order valence-electron chi connectivity index (χ0n) is 15.0. The van der Waals surface area contributed by atoms with Crippen LogP contribution in [-0.2, 0) is 12.6 Å². The molecule has 0 saturated heterocycles. The number of hydrogen-bond acceptors (Lipinski definition) is 5. The van der Waals surface area contributed by atoms with Gasteiger partial charge in [0.15, 0.2) is 5.82 Å². The monoisotopic (exact) mass is 422 g/mol. The Labute approximate surface area is 168 Å². The van der Waals surface area contributed by atoms with Crippen LogP contribution < -0.4 is 5.32 Å². The SMILES string of the molecule is C[C@H]1CCc2nnc(-c3cccc(NC(=O)c4ccc(C(F)(F)F)nc4Cl)n3)n21. The molecule has 3 aromatic heterocycles. The van der Waals surface area contributed by atoms with Crippen LogP contribution in [0.15, 0.2) is 30.3 Å². The number of aromatic nitrogens is 5. The highest BCUT2D eigenvalue weighted by atomic mass is 35.5. The molecule has 0 saturated carbocycles. The number of halogens is 4. The fraction of sp³-hybridized carbons (Fsp3) is 0.278. The fourth-order valence-electron chi connectivity index (χ4n) is 3.17. The molecule has 0 aliphatic carbocycles. The van der Waals surface area contributed by atoms with Crippen molar-refractivity contribution in [3.8, 4) is 11.5 Å². The summed E-state index contributed by atoms with van der Waals surface area (Å²) in [5.41, 5.74) is -0.843. The molecule has 0 aromatic carbocycles. The van der Waals surface area contributed by atoms with Crippen molar-refractivity contribution < 1.29 is 18.0 Å². The van der Waals surface area contributed by atoms with Crippen molar-refractivity contribution in [3.05, 3.63) is 52.6 Å². The lowest BCUT2D eigenvalue weighted by Gasteiger charge is -2.11. The highest BCUT2D eigenvalue weighted by Crippen LogP contribution is 2.31. The molecule has 29 heavy (non-hydrogen) atoms. The van der Waals surface area contributed by atoms with Crippen molar-refractivity contribution in [1.82, 2.24) is 24.7 Å². The number of anilines is 1. The first-order valence-corrected chi connectivity index (χ1v) is 9.08. The van der Waals surface area contributed by atoms with Crippen LogP contribution in [0.5, 0.6) is 0 Å². The molecule has 11 heteroatoms. The molecule has 3 aromatic rings. The van der Waals surface area contributed by atoms with Crippen LogP contribution in [0.25, 0.3) is 11.5 Å². The molecule has 4 heterocycles. The summed E-state index contributed by atoms with van der Waals surface area (Å²) in [7, 11) is 0. The Kier molecular flexibility index (Phi) is 4.73. The molecule has 1 N–H and O–H groups in total. The van der Waals surface area contributed by atoms with Crippen LogP contribution in [0.2, 0.25) is 5.15 Å². The van der Waals surface area contributed by atoms with Crippen molar-refractivity contribution in [2.45, 2.75) is 32.0 Å². The van der Waals surface area contributed by atoms with E-state index in [1.165, 1.54) is 0 Å². The van der Waals surface area contributed by atoms with E-state index in [4.69, 9.17) is 11.6 Å². The zero-order chi connectivity index (χ0) is 20.8. The molecule has 7 nitrogen and oxygen atoms in total. The maximum atomic E-state index is 12.7. The standard InChI is InChI=1S/C18H14ClF3N6O/c1-9-5-8-14-26-27-16(28(9)14)11-3-2-4-13(23-11)25-17(29)10-6-7-12(18(20,21)22)24-15(10)19/h2-4,6-7,9H,5,8H2,1H3,(H,23,25,29)/t9-/m0/s1. The van der Waals surface area contributed by atoms with Crippen LogP contribution in [0.1, 0.15) is 41.3 Å². The molecule has 150 valence electrons. The van der Waals surface area contributed by atoms with E-state index in [0.29, 0.717) is 17.6 Å². The highest BCUT2D eigenvalue weighted by molar-refractivity contribution is 6.33. The molecule has 0 spiro atoms. The van der Waals surface area contributed by atoms with Gasteiger partial charge in [0.05, 0.1) is 5.56 Å². The van der Waals surface area contributed by atoms with Crippen molar-refractivity contribution in [2.75, 3.05) is 5.32 Å². The van der Waals surface area contributed by atoms with E-state index in [1.807, 2.05) is 4.57 Å². The van der Waals surface area contributed by atoms with Gasteiger partial charge in [-0.15, -0.1) is 10.2 Å². The van der Waals surface area contributed by atoms with Crippen molar-refractivity contribution in [1.29, 1.82) is 0 Å². The Bertz CT molecular complexity index is 1100. The van der Waals surface area contributed by atoms with Crippen LogP contribution in [0.4, 0.5) is 19.0 Å². The maximum Gasteiger partial charge on any atom is 0.433 e. The number of amides is 1. The number of fused-ring (bicyclic) bond motifs is 1. The molecule has 1 aliphatic heterocycles. The number of aryl methyl sites for hydroxylation is 1. The molecule has 4 rings (SSSR count). The number of carbonyl (C=O) groups is 1. The molecular formula is C18H14ClF3N6O. The van der Waals surface area contributed by atoms with Gasteiger partial charge in [-0.1, -0.05) is 17.7 Å². The second kappa shape index (κ2) is 7.11. The van der Waals surface area contributed by atoms with Gasteiger partial charge in [-0.25, -0.2) is 9.97 Å². The molecule has 0 fully saturated rings. The first-order chi connectivity index (χ1) is 13.7. The topological polar surface area (TPSA) is 85.6 Å². The minimum atomic E-state index is -4.65. The second-order valence-electron chi connectivity index (χ2n) is 6.59. The summed E-state index contributed by atoms with van der Waals surface area (Å²) in [6, 6.07) is 6.90. The van der Waals surface area contributed by atoms with E-state index in [0.717, 1.165) is 24.7 Å². The summed E-state index contributed by atoms with van der Waals surface area (Å²) in [4.78, 5) is 20.1. The summed E-state index contributed by atoms with van der Waals surface area (Å²) in [6.45, 7) is 2.06. The van der Waals surface area contributed by atoms with E-state index in [2.05, 4.69) is 32.4 Å². The summed E-state index contributed by atoms with van der Waals surface area (Å²) in [6.07, 6.45) is -2.85. The number of nitrogens with one attached hydrogen (secondary N) is 1. The van der Waals surface area contributed by atoms with Gasteiger partial charge in [0.25, 0.3) is 5.91 Å². The van der Waals surface area contributed by atoms with Crippen LogP contribution in [0, 0.1) is 0 Å². The average Bonchev–Trinajstić information content (AvgIpc) is 3.24. The lowest BCUT2D eigenvalue weighted by molar-refractivity contribution is -0.141. The fourth-order valence-corrected chi connectivity index (χ4v) is 3.41. The van der Waals surface area contributed by atoms with Gasteiger partial charge < -0.3 is 9.88 Å². The van der Waals surface area contributed by atoms with Crippen LogP contribution in [0.3, 0.4) is 0 Å². The Hall–Kier alpha value is -3.01. The minimum absolute atomic E-state index is 0.191. The number of alkyl halides is 3. The van der Waals surface area contributed by atoms with E-state index < -0.39 is 22.9 Å². The van der Waals surface area contributed by atoms with E-state index >= 15 is 0 Å². The van der Waals surface area contributed by atoms with Gasteiger partial charge in [-0.2, -0.15) is 13.2 Å². The van der Waals surface area contributed by atoms with Gasteiger partial charge in [0.1, 0.15) is 28.2 Å². The highest BCUT2D eigenvalue weighted by Gasteiger charge is 2.33. The quantitative estimate of drug-likeness (QED) is 0.640. The van der Waals surface area contributed by atoms with E-state index in [1.54, 1.807) is 18.2 Å². The number of nitrogens with zero attached hydrogens (tertiary/aromatic N) is 5.